The van der Waals surface area contributed by atoms with E-state index >= 15 is 0 Å². The van der Waals surface area contributed by atoms with Crippen LogP contribution in [0.1, 0.15) is 81.8 Å². The molecule has 3 nitrogen and oxygen atoms in total. The lowest BCUT2D eigenvalue weighted by atomic mass is 9.50. The summed E-state index contributed by atoms with van der Waals surface area (Å²) in [7, 11) is 1.69. The highest BCUT2D eigenvalue weighted by molar-refractivity contribution is 8.05. The lowest BCUT2D eigenvalue weighted by Gasteiger charge is -2.57. The number of rotatable bonds is 9. The monoisotopic (exact) mass is 799 g/mol. The third kappa shape index (κ3) is 6.42. The number of benzene rings is 4. The van der Waals surface area contributed by atoms with Gasteiger partial charge in [-0.15, -0.1) is 0 Å². The van der Waals surface area contributed by atoms with Crippen LogP contribution >= 0.6 is 47.0 Å². The predicted octanol–water partition coefficient (Wildman–Crippen LogP) is 14.8. The fourth-order valence-electron chi connectivity index (χ4n) is 9.93. The van der Waals surface area contributed by atoms with Crippen LogP contribution in [0.2, 0.25) is 0 Å². The first-order chi connectivity index (χ1) is 26.8. The smallest absolute Gasteiger partial charge is 0.108 e. The Bertz CT molecular complexity index is 2360. The van der Waals surface area contributed by atoms with E-state index in [9.17, 15) is 0 Å². The van der Waals surface area contributed by atoms with Crippen molar-refractivity contribution in [2.24, 2.45) is 17.8 Å². The van der Waals surface area contributed by atoms with Crippen LogP contribution in [0.15, 0.2) is 141 Å². The molecule has 1 aromatic heterocycles. The quantitative estimate of drug-likeness (QED) is 0.0890. The van der Waals surface area contributed by atoms with Crippen LogP contribution in [0.5, 0.6) is 0 Å². The molecular formula is C48H49NO2S4. The first-order valence-corrected chi connectivity index (χ1v) is 23.0. The zero-order valence-electron chi connectivity index (χ0n) is 32.7. The summed E-state index contributed by atoms with van der Waals surface area (Å²) < 4.78 is 0. The van der Waals surface area contributed by atoms with E-state index in [0.29, 0.717) is 11.8 Å². The fourth-order valence-corrected chi connectivity index (χ4v) is 14.7. The van der Waals surface area contributed by atoms with Crippen molar-refractivity contribution >= 4 is 52.6 Å². The van der Waals surface area contributed by atoms with Crippen molar-refractivity contribution in [3.8, 4) is 11.1 Å². The number of fused-ring (bicyclic) bond motifs is 4. The van der Waals surface area contributed by atoms with Gasteiger partial charge in [0.1, 0.15) is 6.10 Å². The van der Waals surface area contributed by atoms with Gasteiger partial charge in [-0.25, -0.2) is 9.78 Å². The molecule has 1 N–H and O–H groups in total. The lowest BCUT2D eigenvalue weighted by Crippen LogP contribution is -2.56. The summed E-state index contributed by atoms with van der Waals surface area (Å²) in [5.41, 5.74) is 13.6. The molecule has 5 aromatic rings. The summed E-state index contributed by atoms with van der Waals surface area (Å²) in [5, 5.41) is 0. The van der Waals surface area contributed by atoms with Gasteiger partial charge in [0.15, 0.2) is 0 Å². The molecule has 4 aliphatic rings. The third-order valence-electron chi connectivity index (χ3n) is 12.4. The van der Waals surface area contributed by atoms with Gasteiger partial charge in [-0.05, 0) is 117 Å². The van der Waals surface area contributed by atoms with Crippen LogP contribution < -0.4 is 0 Å². The Morgan fingerprint density at radius 1 is 0.727 bits per heavy atom. The molecule has 4 unspecified atom stereocenters. The number of H-pyrrole nitrogens is 1. The third-order valence-corrected chi connectivity index (χ3v) is 17.7. The number of allylic oxidation sites excluding steroid dienone is 3. The van der Waals surface area contributed by atoms with Crippen LogP contribution in [-0.2, 0) is 9.78 Å². The van der Waals surface area contributed by atoms with E-state index in [1.54, 1.807) is 7.11 Å². The van der Waals surface area contributed by atoms with Gasteiger partial charge in [0, 0.05) is 68.0 Å². The van der Waals surface area contributed by atoms with Crippen molar-refractivity contribution in [3.05, 3.63) is 124 Å². The maximum absolute atomic E-state index is 6.47. The number of hydrogen-bond acceptors (Lipinski definition) is 6. The van der Waals surface area contributed by atoms with E-state index in [1.165, 1.54) is 114 Å². The van der Waals surface area contributed by atoms with E-state index < -0.39 is 0 Å². The van der Waals surface area contributed by atoms with Crippen molar-refractivity contribution in [3.63, 3.8) is 0 Å². The Hall–Kier alpha value is -3.04. The van der Waals surface area contributed by atoms with Gasteiger partial charge in [-0.1, -0.05) is 133 Å². The van der Waals surface area contributed by atoms with E-state index in [2.05, 4.69) is 131 Å². The summed E-state index contributed by atoms with van der Waals surface area (Å²) >= 11 is 7.62. The molecule has 2 aliphatic heterocycles. The van der Waals surface area contributed by atoms with Crippen LogP contribution in [0.25, 0.3) is 16.7 Å². The number of aromatic nitrogens is 1. The molecule has 282 valence electrons. The minimum absolute atomic E-state index is 0.0773. The number of nitrogens with one attached hydrogen (secondary N) is 1. The molecule has 7 heteroatoms. The summed E-state index contributed by atoms with van der Waals surface area (Å²) in [4.78, 5) is 26.9. The van der Waals surface area contributed by atoms with E-state index in [4.69, 9.17) is 9.78 Å². The van der Waals surface area contributed by atoms with E-state index in [-0.39, 0.29) is 17.9 Å². The van der Waals surface area contributed by atoms with E-state index in [1.807, 2.05) is 47.0 Å². The van der Waals surface area contributed by atoms with E-state index in [0.717, 1.165) is 6.42 Å². The summed E-state index contributed by atoms with van der Waals surface area (Å²) in [5.74, 6) is 1.65. The first kappa shape index (κ1) is 37.5. The maximum Gasteiger partial charge on any atom is 0.108 e. The number of hydrogen-bond donors (Lipinski definition) is 1. The van der Waals surface area contributed by atoms with Crippen molar-refractivity contribution in [1.82, 2.24) is 4.98 Å². The van der Waals surface area contributed by atoms with Gasteiger partial charge >= 0.3 is 0 Å². The SMILES string of the molecule is CC/C(=C(/C)C(=C(C)C)c1cccc2c1Sc1ccccc1S2)C1C(OOC)C(c2[nH]c(C)c(-c3cccc4c3Sc3ccccc3S4)c2C)C1C1CCC1. The molecule has 9 rings (SSSR count). The highest BCUT2D eigenvalue weighted by Gasteiger charge is 2.58. The molecule has 2 aliphatic carbocycles. The molecule has 3 heterocycles. The maximum atomic E-state index is 6.47. The highest BCUT2D eigenvalue weighted by atomic mass is 32.2. The molecule has 2 fully saturated rings. The van der Waals surface area contributed by atoms with Crippen LogP contribution in [-0.4, -0.2) is 18.2 Å². The average molecular weight is 800 g/mol. The van der Waals surface area contributed by atoms with Crippen LogP contribution in [0.3, 0.4) is 0 Å². The Kier molecular flexibility index (Phi) is 10.5. The predicted molar refractivity (Wildman–Crippen MR) is 232 cm³/mol. The average Bonchev–Trinajstić information content (AvgIpc) is 3.45. The molecule has 4 atom stereocenters. The lowest BCUT2D eigenvalue weighted by molar-refractivity contribution is -0.347. The fraction of sp³-hybridized carbons (Fsp3) is 0.333. The van der Waals surface area contributed by atoms with Crippen LogP contribution in [0, 0.1) is 31.6 Å². The van der Waals surface area contributed by atoms with Gasteiger partial charge in [-0.3, -0.25) is 0 Å². The molecule has 0 bridgehead atoms. The molecule has 0 amide bonds. The Morgan fingerprint density at radius 3 is 1.89 bits per heavy atom. The van der Waals surface area contributed by atoms with Gasteiger partial charge in [0.2, 0.25) is 0 Å². The zero-order valence-corrected chi connectivity index (χ0v) is 36.0. The summed E-state index contributed by atoms with van der Waals surface area (Å²) in [6.07, 6.45) is 4.78. The largest absolute Gasteiger partial charge is 0.361 e. The number of aryl methyl sites for hydroxylation is 1. The molecule has 0 spiro atoms. The number of aromatic amines is 1. The van der Waals surface area contributed by atoms with Gasteiger partial charge < -0.3 is 4.98 Å². The molecular weight excluding hydrogens is 751 g/mol. The minimum atomic E-state index is -0.0773. The van der Waals surface area contributed by atoms with Crippen molar-refractivity contribution < 1.29 is 9.78 Å². The van der Waals surface area contributed by atoms with Crippen LogP contribution in [0.4, 0.5) is 0 Å². The highest BCUT2D eigenvalue weighted by Crippen LogP contribution is 2.62. The van der Waals surface area contributed by atoms with Gasteiger partial charge in [0.05, 0.1) is 7.11 Å². The Balaban J connectivity index is 1.12. The normalized spacial score (nSPS) is 21.7. The molecule has 0 saturated heterocycles. The second kappa shape index (κ2) is 15.4. The summed E-state index contributed by atoms with van der Waals surface area (Å²) in [6.45, 7) is 13.9. The van der Waals surface area contributed by atoms with Crippen molar-refractivity contribution in [2.45, 2.75) is 118 Å². The second-order valence-electron chi connectivity index (χ2n) is 15.7. The second-order valence-corrected chi connectivity index (χ2v) is 19.9. The molecule has 55 heavy (non-hydrogen) atoms. The van der Waals surface area contributed by atoms with Gasteiger partial charge in [0.25, 0.3) is 0 Å². The molecule has 2 saturated carbocycles. The topological polar surface area (TPSA) is 34.2 Å². The standard InChI is InChI=1S/C48H49NO2S4/c1-8-31(27(4)40(26(2)3)32-18-14-24-38-47(32)54-36-22-11-9-20-34(36)52-38)43-42(30-16-13-17-30)44(46(43)51-50-7)45-28(5)41(29(6)49-45)33-19-15-25-39-48(33)55-37-23-12-10-21-35(37)53-39/h9-12,14-15,18-25,30,42-44,46,49H,8,13,16-17H2,1-7H3/b31-27+. The Morgan fingerprint density at radius 2 is 1.31 bits per heavy atom. The Labute approximate surface area is 343 Å². The minimum Gasteiger partial charge on any atom is -0.361 e. The summed E-state index contributed by atoms with van der Waals surface area (Å²) in [6, 6.07) is 31.3. The van der Waals surface area contributed by atoms with Crippen molar-refractivity contribution in [1.29, 1.82) is 0 Å². The zero-order chi connectivity index (χ0) is 38.0. The first-order valence-electron chi connectivity index (χ1n) is 19.7. The van der Waals surface area contributed by atoms with Crippen molar-refractivity contribution in [2.75, 3.05) is 7.11 Å². The molecule has 4 aromatic carbocycles. The van der Waals surface area contributed by atoms with Gasteiger partial charge in [-0.2, -0.15) is 0 Å². The molecule has 0 radical (unpaired) electrons.